The van der Waals surface area contributed by atoms with Crippen molar-refractivity contribution in [2.24, 2.45) is 11.8 Å². The van der Waals surface area contributed by atoms with Gasteiger partial charge in [0.2, 0.25) is 0 Å². The number of aromatic carboxylic acids is 1. The van der Waals surface area contributed by atoms with Crippen molar-refractivity contribution in [3.05, 3.63) is 35.9 Å². The number of nitrogens with zero attached hydrogens (tertiary/aromatic N) is 1. The maximum atomic E-state index is 11.4. The summed E-state index contributed by atoms with van der Waals surface area (Å²) < 4.78 is 0. The Bertz CT molecular complexity index is 669. The molecule has 1 aliphatic carbocycles. The Morgan fingerprint density at radius 3 is 2.90 bits per heavy atom. The molecular formula is C17H20N2O2. The van der Waals surface area contributed by atoms with Crippen molar-refractivity contribution in [3.8, 4) is 0 Å². The summed E-state index contributed by atoms with van der Waals surface area (Å²) in [4.78, 5) is 15.9. The van der Waals surface area contributed by atoms with Crippen LogP contribution in [-0.2, 0) is 0 Å². The molecule has 21 heavy (non-hydrogen) atoms. The first-order valence-electron chi connectivity index (χ1n) is 7.52. The van der Waals surface area contributed by atoms with E-state index in [-0.39, 0.29) is 5.56 Å². The number of pyridine rings is 1. The summed E-state index contributed by atoms with van der Waals surface area (Å²) >= 11 is 0. The lowest BCUT2D eigenvalue weighted by Crippen LogP contribution is -2.18. The number of anilines is 1. The summed E-state index contributed by atoms with van der Waals surface area (Å²) in [5.41, 5.74) is 1.07. The van der Waals surface area contributed by atoms with Crippen LogP contribution >= 0.6 is 0 Å². The maximum Gasteiger partial charge on any atom is 0.339 e. The third-order valence-electron chi connectivity index (χ3n) is 4.53. The molecule has 1 saturated carbocycles. The van der Waals surface area contributed by atoms with E-state index < -0.39 is 5.97 Å². The molecule has 2 aromatic rings. The Hall–Kier alpha value is -2.10. The van der Waals surface area contributed by atoms with E-state index in [1.165, 1.54) is 19.3 Å². The molecule has 2 atom stereocenters. The Labute approximate surface area is 124 Å². The predicted molar refractivity (Wildman–Crippen MR) is 83.7 cm³/mol. The second-order valence-electron chi connectivity index (χ2n) is 5.93. The molecule has 1 fully saturated rings. The number of aromatic nitrogens is 1. The molecule has 110 valence electrons. The zero-order valence-electron chi connectivity index (χ0n) is 12.2. The highest BCUT2D eigenvalue weighted by Crippen LogP contribution is 2.31. The summed E-state index contributed by atoms with van der Waals surface area (Å²) in [6, 6.07) is 9.30. The first kappa shape index (κ1) is 13.9. The predicted octanol–water partition coefficient (Wildman–Crippen LogP) is 3.78. The minimum Gasteiger partial charge on any atom is -0.478 e. The lowest BCUT2D eigenvalue weighted by Gasteiger charge is -2.17. The number of carboxylic acid groups (broad SMARTS) is 1. The third-order valence-corrected chi connectivity index (χ3v) is 4.53. The van der Waals surface area contributed by atoms with Gasteiger partial charge in [0.15, 0.2) is 0 Å². The molecule has 1 aromatic carbocycles. The normalized spacial score (nSPS) is 21.6. The van der Waals surface area contributed by atoms with Crippen LogP contribution in [-0.4, -0.2) is 22.6 Å². The molecule has 4 nitrogen and oxygen atoms in total. The molecule has 2 unspecified atom stereocenters. The minimum absolute atomic E-state index is 0.249. The van der Waals surface area contributed by atoms with Gasteiger partial charge in [0, 0.05) is 11.9 Å². The van der Waals surface area contributed by atoms with Gasteiger partial charge in [-0.05, 0) is 30.4 Å². The van der Waals surface area contributed by atoms with Crippen molar-refractivity contribution in [1.82, 2.24) is 4.98 Å². The molecule has 4 heteroatoms. The average molecular weight is 284 g/mol. The summed E-state index contributed by atoms with van der Waals surface area (Å²) in [6.07, 6.45) is 3.75. The van der Waals surface area contributed by atoms with Gasteiger partial charge in [0.1, 0.15) is 11.4 Å². The van der Waals surface area contributed by atoms with Gasteiger partial charge in [-0.3, -0.25) is 0 Å². The Morgan fingerprint density at radius 2 is 2.19 bits per heavy atom. The minimum atomic E-state index is -0.935. The zero-order valence-corrected chi connectivity index (χ0v) is 12.2. The summed E-state index contributed by atoms with van der Waals surface area (Å²) in [5.74, 6) is 0.863. The van der Waals surface area contributed by atoms with Gasteiger partial charge in [-0.2, -0.15) is 0 Å². The van der Waals surface area contributed by atoms with Gasteiger partial charge in [-0.15, -0.1) is 0 Å². The highest BCUT2D eigenvalue weighted by Gasteiger charge is 2.23. The van der Waals surface area contributed by atoms with Crippen LogP contribution in [0.2, 0.25) is 0 Å². The fourth-order valence-corrected chi connectivity index (χ4v) is 3.17. The lowest BCUT2D eigenvalue weighted by molar-refractivity contribution is 0.0697. The van der Waals surface area contributed by atoms with Gasteiger partial charge >= 0.3 is 5.97 Å². The molecule has 1 aromatic heterocycles. The van der Waals surface area contributed by atoms with Gasteiger partial charge in [-0.25, -0.2) is 9.78 Å². The van der Waals surface area contributed by atoms with E-state index in [2.05, 4.69) is 17.2 Å². The summed E-state index contributed by atoms with van der Waals surface area (Å²) in [7, 11) is 0. The van der Waals surface area contributed by atoms with E-state index in [1.807, 2.05) is 24.3 Å². The molecule has 1 aliphatic rings. The van der Waals surface area contributed by atoms with E-state index in [0.717, 1.165) is 17.4 Å². The number of hydrogen-bond donors (Lipinski definition) is 2. The highest BCUT2D eigenvalue weighted by molar-refractivity contribution is 5.98. The first-order valence-corrected chi connectivity index (χ1v) is 7.52. The van der Waals surface area contributed by atoms with Crippen molar-refractivity contribution >= 4 is 22.7 Å². The second-order valence-corrected chi connectivity index (χ2v) is 5.93. The Kier molecular flexibility index (Phi) is 3.78. The van der Waals surface area contributed by atoms with E-state index >= 15 is 0 Å². The molecule has 3 rings (SSSR count). The molecule has 0 radical (unpaired) electrons. The number of hydrogen-bond acceptors (Lipinski definition) is 3. The van der Waals surface area contributed by atoms with E-state index in [4.69, 9.17) is 0 Å². The lowest BCUT2D eigenvalue weighted by atomic mass is 9.98. The van der Waals surface area contributed by atoms with Gasteiger partial charge in [0.05, 0.1) is 5.52 Å². The third kappa shape index (κ3) is 2.84. The second kappa shape index (κ2) is 5.72. The smallest absolute Gasteiger partial charge is 0.339 e. The molecular weight excluding hydrogens is 264 g/mol. The molecule has 0 amide bonds. The van der Waals surface area contributed by atoms with Crippen LogP contribution in [0.3, 0.4) is 0 Å². The van der Waals surface area contributed by atoms with E-state index in [0.29, 0.717) is 17.7 Å². The fraction of sp³-hybridized carbons (Fsp3) is 0.412. The standard InChI is InChI=1S/C17H20N2O2/c1-11-5-4-7-13(11)10-18-16-14(17(20)21)9-12-6-2-3-8-15(12)19-16/h2-3,6,8-9,11,13H,4-5,7,10H2,1H3,(H,18,19)(H,20,21). The van der Waals surface area contributed by atoms with Crippen LogP contribution < -0.4 is 5.32 Å². The van der Waals surface area contributed by atoms with Crippen LogP contribution in [0.5, 0.6) is 0 Å². The molecule has 0 saturated heterocycles. The van der Waals surface area contributed by atoms with Crippen molar-refractivity contribution in [2.45, 2.75) is 26.2 Å². The number of nitrogens with one attached hydrogen (secondary N) is 1. The fourth-order valence-electron chi connectivity index (χ4n) is 3.17. The van der Waals surface area contributed by atoms with E-state index in [9.17, 15) is 9.90 Å². The van der Waals surface area contributed by atoms with Crippen molar-refractivity contribution in [1.29, 1.82) is 0 Å². The number of rotatable bonds is 4. The highest BCUT2D eigenvalue weighted by atomic mass is 16.4. The van der Waals surface area contributed by atoms with Crippen LogP contribution in [0.1, 0.15) is 36.5 Å². The van der Waals surface area contributed by atoms with E-state index in [1.54, 1.807) is 6.07 Å². The molecule has 2 N–H and O–H groups in total. The van der Waals surface area contributed by atoms with Crippen molar-refractivity contribution < 1.29 is 9.90 Å². The first-order chi connectivity index (χ1) is 10.1. The molecule has 0 spiro atoms. The van der Waals surface area contributed by atoms with Gasteiger partial charge in [-0.1, -0.05) is 38.0 Å². The molecule has 0 aliphatic heterocycles. The number of carbonyl (C=O) groups is 1. The number of para-hydroxylation sites is 1. The Morgan fingerprint density at radius 1 is 1.38 bits per heavy atom. The maximum absolute atomic E-state index is 11.4. The quantitative estimate of drug-likeness (QED) is 0.897. The number of carboxylic acids is 1. The van der Waals surface area contributed by atoms with Crippen molar-refractivity contribution in [2.75, 3.05) is 11.9 Å². The zero-order chi connectivity index (χ0) is 14.8. The topological polar surface area (TPSA) is 62.2 Å². The number of fused-ring (bicyclic) bond motifs is 1. The molecule has 0 bridgehead atoms. The monoisotopic (exact) mass is 284 g/mol. The van der Waals surface area contributed by atoms with Crippen LogP contribution in [0.25, 0.3) is 10.9 Å². The van der Waals surface area contributed by atoms with Gasteiger partial charge in [0.25, 0.3) is 0 Å². The largest absolute Gasteiger partial charge is 0.478 e. The summed E-state index contributed by atoms with van der Waals surface area (Å²) in [5, 5.41) is 13.5. The van der Waals surface area contributed by atoms with Crippen LogP contribution in [0.4, 0.5) is 5.82 Å². The molecule has 1 heterocycles. The van der Waals surface area contributed by atoms with Gasteiger partial charge < -0.3 is 10.4 Å². The SMILES string of the molecule is CC1CCCC1CNc1nc2ccccc2cc1C(=O)O. The Balaban J connectivity index is 1.88. The van der Waals surface area contributed by atoms with Crippen LogP contribution in [0, 0.1) is 11.8 Å². The summed E-state index contributed by atoms with van der Waals surface area (Å²) in [6.45, 7) is 3.07. The number of benzene rings is 1. The van der Waals surface area contributed by atoms with Crippen molar-refractivity contribution in [3.63, 3.8) is 0 Å². The average Bonchev–Trinajstić information content (AvgIpc) is 2.89. The van der Waals surface area contributed by atoms with Crippen LogP contribution in [0.15, 0.2) is 30.3 Å².